The van der Waals surface area contributed by atoms with Gasteiger partial charge in [0.15, 0.2) is 6.29 Å². The van der Waals surface area contributed by atoms with E-state index < -0.39 is 0 Å². The minimum atomic E-state index is 0.0885. The molecule has 4 nitrogen and oxygen atoms in total. The Kier molecular flexibility index (Phi) is 4.94. The monoisotopic (exact) mass is 236 g/mol. The number of nitrogens with one attached hydrogen (secondary N) is 1. The van der Waals surface area contributed by atoms with Gasteiger partial charge in [-0.25, -0.2) is 0 Å². The van der Waals surface area contributed by atoms with Gasteiger partial charge in [0.1, 0.15) is 0 Å². The van der Waals surface area contributed by atoms with Crippen molar-refractivity contribution in [2.24, 2.45) is 0 Å². The minimum Gasteiger partial charge on any atom is -0.354 e. The van der Waals surface area contributed by atoms with E-state index in [4.69, 9.17) is 0 Å². The Bertz CT molecular complexity index is 408. The van der Waals surface area contributed by atoms with Gasteiger partial charge in [0.2, 0.25) is 5.91 Å². The van der Waals surface area contributed by atoms with Crippen molar-refractivity contribution in [3.05, 3.63) is 23.0 Å². The molecular weight excluding hydrogens is 216 g/mol. The molecule has 0 aliphatic rings. The van der Waals surface area contributed by atoms with Crippen molar-refractivity contribution in [1.82, 2.24) is 9.88 Å². The molecule has 4 heteroatoms. The van der Waals surface area contributed by atoms with Crippen molar-refractivity contribution in [2.75, 3.05) is 6.54 Å². The number of hydrogen-bond acceptors (Lipinski definition) is 2. The fourth-order valence-electron chi connectivity index (χ4n) is 1.91. The minimum absolute atomic E-state index is 0.0885. The van der Waals surface area contributed by atoms with E-state index in [0.717, 1.165) is 29.7 Å². The molecule has 0 bridgehead atoms. The average molecular weight is 236 g/mol. The smallest absolute Gasteiger partial charge is 0.220 e. The molecule has 0 aliphatic heterocycles. The summed E-state index contributed by atoms with van der Waals surface area (Å²) in [7, 11) is 0. The summed E-state index contributed by atoms with van der Waals surface area (Å²) in [6, 6.07) is 1.87. The number of aldehydes is 1. The second-order valence-corrected chi connectivity index (χ2v) is 4.20. The van der Waals surface area contributed by atoms with Crippen LogP contribution < -0.4 is 5.32 Å². The predicted molar refractivity (Wildman–Crippen MR) is 67.2 cm³/mol. The summed E-state index contributed by atoms with van der Waals surface area (Å²) in [5.74, 6) is 0.0885. The maximum atomic E-state index is 11.3. The van der Waals surface area contributed by atoms with Crippen LogP contribution in [0, 0.1) is 13.8 Å². The van der Waals surface area contributed by atoms with Crippen molar-refractivity contribution >= 4 is 12.2 Å². The van der Waals surface area contributed by atoms with Crippen LogP contribution in [0.2, 0.25) is 0 Å². The van der Waals surface area contributed by atoms with Crippen molar-refractivity contribution in [2.45, 2.75) is 40.2 Å². The Hall–Kier alpha value is -1.58. The lowest BCUT2D eigenvalue weighted by Crippen LogP contribution is -2.27. The predicted octanol–water partition coefficient (Wildman–Crippen LogP) is 1.83. The highest BCUT2D eigenvalue weighted by Crippen LogP contribution is 2.12. The third-order valence-electron chi connectivity index (χ3n) is 2.87. The van der Waals surface area contributed by atoms with Crippen LogP contribution in [0.1, 0.15) is 41.5 Å². The third-order valence-corrected chi connectivity index (χ3v) is 2.87. The summed E-state index contributed by atoms with van der Waals surface area (Å²) >= 11 is 0. The lowest BCUT2D eigenvalue weighted by Gasteiger charge is -2.10. The fourth-order valence-corrected chi connectivity index (χ4v) is 1.91. The lowest BCUT2D eigenvalue weighted by atomic mass is 10.3. The molecule has 1 aromatic heterocycles. The van der Waals surface area contributed by atoms with Crippen LogP contribution in [0.25, 0.3) is 0 Å². The quantitative estimate of drug-likeness (QED) is 0.766. The second-order valence-electron chi connectivity index (χ2n) is 4.20. The van der Waals surface area contributed by atoms with Gasteiger partial charge < -0.3 is 9.88 Å². The number of carbonyl (C=O) groups excluding carboxylic acids is 2. The molecule has 1 N–H and O–H groups in total. The summed E-state index contributed by atoms with van der Waals surface area (Å²) in [6.45, 7) is 7.18. The zero-order valence-corrected chi connectivity index (χ0v) is 10.7. The average Bonchev–Trinajstić information content (AvgIpc) is 2.56. The highest BCUT2D eigenvalue weighted by Gasteiger charge is 2.08. The van der Waals surface area contributed by atoms with Crippen molar-refractivity contribution < 1.29 is 9.59 Å². The molecule has 0 aliphatic carbocycles. The van der Waals surface area contributed by atoms with Crippen molar-refractivity contribution in [1.29, 1.82) is 0 Å². The van der Waals surface area contributed by atoms with Crippen LogP contribution in [0.15, 0.2) is 6.07 Å². The number of rotatable bonds is 6. The molecular formula is C13H20N2O2. The van der Waals surface area contributed by atoms with E-state index in [0.29, 0.717) is 19.5 Å². The van der Waals surface area contributed by atoms with Gasteiger partial charge in [0.05, 0.1) is 0 Å². The molecule has 1 heterocycles. The highest BCUT2D eigenvalue weighted by molar-refractivity contribution is 5.77. The summed E-state index contributed by atoms with van der Waals surface area (Å²) in [4.78, 5) is 22.1. The van der Waals surface area contributed by atoms with Gasteiger partial charge in [0, 0.05) is 36.5 Å². The maximum Gasteiger partial charge on any atom is 0.220 e. The fraction of sp³-hybridized carbons (Fsp3) is 0.538. The number of carbonyl (C=O) groups is 2. The van der Waals surface area contributed by atoms with Crippen LogP contribution in [-0.4, -0.2) is 23.3 Å². The molecule has 1 rings (SSSR count). The summed E-state index contributed by atoms with van der Waals surface area (Å²) in [6.07, 6.45) is 2.31. The summed E-state index contributed by atoms with van der Waals surface area (Å²) in [5, 5.41) is 2.87. The van der Waals surface area contributed by atoms with Crippen molar-refractivity contribution in [3.8, 4) is 0 Å². The molecule has 0 spiro atoms. The first kappa shape index (κ1) is 13.5. The maximum absolute atomic E-state index is 11.3. The van der Waals surface area contributed by atoms with Gasteiger partial charge in [-0.05, 0) is 26.3 Å². The van der Waals surface area contributed by atoms with Crippen LogP contribution in [0.5, 0.6) is 0 Å². The van der Waals surface area contributed by atoms with E-state index in [1.54, 1.807) is 0 Å². The first-order valence-corrected chi connectivity index (χ1v) is 5.98. The third kappa shape index (κ3) is 3.44. The van der Waals surface area contributed by atoms with Crippen LogP contribution in [0.4, 0.5) is 0 Å². The van der Waals surface area contributed by atoms with Gasteiger partial charge in [0.25, 0.3) is 0 Å². The Morgan fingerprint density at radius 2 is 2.18 bits per heavy atom. The number of amides is 1. The number of nitrogens with zero attached hydrogens (tertiary/aromatic N) is 1. The molecule has 0 aromatic carbocycles. The van der Waals surface area contributed by atoms with Crippen LogP contribution in [0.3, 0.4) is 0 Å². The normalized spacial score (nSPS) is 10.3. The first-order valence-electron chi connectivity index (χ1n) is 5.98. The van der Waals surface area contributed by atoms with Gasteiger partial charge >= 0.3 is 0 Å². The zero-order chi connectivity index (χ0) is 12.8. The molecule has 94 valence electrons. The van der Waals surface area contributed by atoms with Gasteiger partial charge in [-0.1, -0.05) is 6.92 Å². The number of hydrogen-bond donors (Lipinski definition) is 1. The topological polar surface area (TPSA) is 51.1 Å². The van der Waals surface area contributed by atoms with E-state index in [9.17, 15) is 9.59 Å². The molecule has 1 amide bonds. The summed E-state index contributed by atoms with van der Waals surface area (Å²) in [5.41, 5.74) is 2.74. The molecule has 0 saturated carbocycles. The zero-order valence-electron chi connectivity index (χ0n) is 10.7. The lowest BCUT2D eigenvalue weighted by molar-refractivity contribution is -0.121. The van der Waals surface area contributed by atoms with E-state index in [1.165, 1.54) is 0 Å². The Morgan fingerprint density at radius 3 is 2.71 bits per heavy atom. The van der Waals surface area contributed by atoms with Gasteiger partial charge in [-0.3, -0.25) is 9.59 Å². The second kappa shape index (κ2) is 6.23. The first-order chi connectivity index (χ1) is 8.10. The highest BCUT2D eigenvalue weighted by atomic mass is 16.1. The Labute approximate surface area is 102 Å². The van der Waals surface area contributed by atoms with Gasteiger partial charge in [-0.15, -0.1) is 0 Å². The van der Waals surface area contributed by atoms with E-state index in [1.807, 2.05) is 26.8 Å². The Balaban J connectivity index is 2.55. The molecule has 17 heavy (non-hydrogen) atoms. The SMILES string of the molecule is CCCC(=O)NCCn1c(C)cc(C=O)c1C. The van der Waals surface area contributed by atoms with Crippen LogP contribution in [-0.2, 0) is 11.3 Å². The standard InChI is InChI=1S/C13H20N2O2/c1-4-5-13(17)14-6-7-15-10(2)8-12(9-16)11(15)3/h8-9H,4-7H2,1-3H3,(H,14,17). The van der Waals surface area contributed by atoms with E-state index >= 15 is 0 Å². The van der Waals surface area contributed by atoms with Gasteiger partial charge in [-0.2, -0.15) is 0 Å². The molecule has 1 aromatic rings. The molecule has 0 atom stereocenters. The number of aryl methyl sites for hydroxylation is 1. The molecule has 0 saturated heterocycles. The van der Waals surface area contributed by atoms with Crippen molar-refractivity contribution in [3.63, 3.8) is 0 Å². The number of aromatic nitrogens is 1. The van der Waals surface area contributed by atoms with Crippen LogP contribution >= 0.6 is 0 Å². The molecule has 0 fully saturated rings. The molecule has 0 unspecified atom stereocenters. The summed E-state index contributed by atoms with van der Waals surface area (Å²) < 4.78 is 2.05. The van der Waals surface area contributed by atoms with E-state index in [-0.39, 0.29) is 5.91 Å². The Morgan fingerprint density at radius 1 is 1.47 bits per heavy atom. The largest absolute Gasteiger partial charge is 0.354 e. The molecule has 0 radical (unpaired) electrons. The van der Waals surface area contributed by atoms with E-state index in [2.05, 4.69) is 9.88 Å².